The topological polar surface area (TPSA) is 122 Å². The third-order valence-electron chi connectivity index (χ3n) is 3.87. The highest BCUT2D eigenvalue weighted by molar-refractivity contribution is 5.90. The third-order valence-corrected chi connectivity index (χ3v) is 3.87. The van der Waals surface area contributed by atoms with Gasteiger partial charge in [0.25, 0.3) is 0 Å². The fourth-order valence-corrected chi connectivity index (χ4v) is 2.53. The average Bonchev–Trinajstić information content (AvgIpc) is 2.61. The zero-order valence-corrected chi connectivity index (χ0v) is 15.7. The van der Waals surface area contributed by atoms with Gasteiger partial charge in [-0.25, -0.2) is 4.79 Å². The monoisotopic (exact) mass is 378 g/mol. The van der Waals surface area contributed by atoms with Crippen molar-refractivity contribution in [1.82, 2.24) is 10.6 Å². The van der Waals surface area contributed by atoms with E-state index < -0.39 is 41.8 Å². The smallest absolute Gasteiger partial charge is 0.326 e. The molecule has 8 nitrogen and oxygen atoms in total. The van der Waals surface area contributed by atoms with Gasteiger partial charge < -0.3 is 20.5 Å². The molecule has 0 aromatic heterocycles. The number of ether oxygens (including phenoxy) is 1. The zero-order valence-electron chi connectivity index (χ0n) is 15.7. The van der Waals surface area contributed by atoms with Gasteiger partial charge in [0.05, 0.1) is 12.5 Å². The predicted octanol–water partition coefficient (Wildman–Crippen LogP) is 0.893. The Morgan fingerprint density at radius 3 is 2.22 bits per heavy atom. The molecule has 0 saturated heterocycles. The molecule has 0 unspecified atom stereocenters. The molecule has 2 amide bonds. The van der Waals surface area contributed by atoms with Crippen molar-refractivity contribution in [3.8, 4) is 0 Å². The quantitative estimate of drug-likeness (QED) is 0.520. The van der Waals surface area contributed by atoms with E-state index in [4.69, 9.17) is 4.74 Å². The summed E-state index contributed by atoms with van der Waals surface area (Å²) in [6, 6.07) is 6.85. The molecule has 0 heterocycles. The average molecular weight is 378 g/mol. The number of nitrogens with one attached hydrogen (secondary N) is 2. The number of hydrogen-bond acceptors (Lipinski definition) is 5. The van der Waals surface area contributed by atoms with Gasteiger partial charge in [0.2, 0.25) is 11.8 Å². The summed E-state index contributed by atoms with van der Waals surface area (Å²) in [7, 11) is 0. The van der Waals surface area contributed by atoms with Gasteiger partial charge in [0, 0.05) is 13.3 Å². The van der Waals surface area contributed by atoms with E-state index in [0.717, 1.165) is 5.56 Å². The van der Waals surface area contributed by atoms with Crippen LogP contribution in [0, 0.1) is 5.92 Å². The Balaban J connectivity index is 2.83. The minimum absolute atomic E-state index is 0.113. The van der Waals surface area contributed by atoms with E-state index in [0.29, 0.717) is 0 Å². The van der Waals surface area contributed by atoms with Crippen LogP contribution in [0.1, 0.15) is 32.8 Å². The van der Waals surface area contributed by atoms with Crippen LogP contribution in [0.3, 0.4) is 0 Å². The maximum absolute atomic E-state index is 12.6. The molecule has 1 rings (SSSR count). The number of carboxylic acid groups (broad SMARTS) is 1. The number of aliphatic carboxylic acids is 1. The lowest BCUT2D eigenvalue weighted by Crippen LogP contribution is -2.52. The van der Waals surface area contributed by atoms with Gasteiger partial charge in [0.15, 0.2) is 0 Å². The first-order valence-corrected chi connectivity index (χ1v) is 8.75. The van der Waals surface area contributed by atoms with Crippen molar-refractivity contribution < 1.29 is 29.0 Å². The van der Waals surface area contributed by atoms with E-state index in [1.165, 1.54) is 13.8 Å². The van der Waals surface area contributed by atoms with Gasteiger partial charge in [-0.3, -0.25) is 14.4 Å². The minimum Gasteiger partial charge on any atom is -0.480 e. The first kappa shape index (κ1) is 22.1. The number of carboxylic acids is 1. The van der Waals surface area contributed by atoms with Crippen molar-refractivity contribution >= 4 is 23.8 Å². The maximum Gasteiger partial charge on any atom is 0.326 e. The summed E-state index contributed by atoms with van der Waals surface area (Å²) in [4.78, 5) is 47.2. The summed E-state index contributed by atoms with van der Waals surface area (Å²) in [5, 5.41) is 14.3. The van der Waals surface area contributed by atoms with Crippen LogP contribution in [0.4, 0.5) is 0 Å². The number of esters is 1. The highest BCUT2D eigenvalue weighted by atomic mass is 16.5. The van der Waals surface area contributed by atoms with Crippen molar-refractivity contribution in [1.29, 1.82) is 0 Å². The molecule has 27 heavy (non-hydrogen) atoms. The maximum atomic E-state index is 12.6. The first-order chi connectivity index (χ1) is 12.7. The van der Waals surface area contributed by atoms with Crippen molar-refractivity contribution in [3.05, 3.63) is 35.9 Å². The largest absolute Gasteiger partial charge is 0.480 e. The van der Waals surface area contributed by atoms with Crippen LogP contribution >= 0.6 is 0 Å². The second kappa shape index (κ2) is 10.9. The SMILES string of the molecule is CCOC(=O)[C@@H](C)C[C@H](NC(=O)[C@@H](Cc1ccccc1)NC(C)=O)C(=O)O. The Hall–Kier alpha value is -2.90. The molecule has 0 bridgehead atoms. The van der Waals surface area contributed by atoms with Gasteiger partial charge in [-0.2, -0.15) is 0 Å². The lowest BCUT2D eigenvalue weighted by atomic mass is 10.0. The number of rotatable bonds is 10. The van der Waals surface area contributed by atoms with Crippen LogP contribution in [-0.4, -0.2) is 47.6 Å². The van der Waals surface area contributed by atoms with Crippen LogP contribution in [0.2, 0.25) is 0 Å². The van der Waals surface area contributed by atoms with Crippen LogP contribution in [-0.2, 0) is 30.3 Å². The molecule has 8 heteroatoms. The molecule has 0 saturated carbocycles. The van der Waals surface area contributed by atoms with Crippen LogP contribution < -0.4 is 10.6 Å². The van der Waals surface area contributed by atoms with Gasteiger partial charge in [-0.15, -0.1) is 0 Å². The van der Waals surface area contributed by atoms with Crippen LogP contribution in [0.25, 0.3) is 0 Å². The number of carbonyl (C=O) groups excluding carboxylic acids is 3. The lowest BCUT2D eigenvalue weighted by molar-refractivity contribution is -0.149. The van der Waals surface area contributed by atoms with E-state index in [1.54, 1.807) is 31.2 Å². The Kier molecular flexibility index (Phi) is 8.98. The molecular formula is C19H26N2O6. The molecule has 0 spiro atoms. The molecular weight excluding hydrogens is 352 g/mol. The van der Waals surface area contributed by atoms with Crippen molar-refractivity contribution in [2.75, 3.05) is 6.61 Å². The molecule has 0 radical (unpaired) electrons. The second-order valence-electron chi connectivity index (χ2n) is 6.23. The summed E-state index contributed by atoms with van der Waals surface area (Å²) in [5.74, 6) is -3.52. The van der Waals surface area contributed by atoms with Gasteiger partial charge in [-0.05, 0) is 18.9 Å². The first-order valence-electron chi connectivity index (χ1n) is 8.75. The highest BCUT2D eigenvalue weighted by Gasteiger charge is 2.29. The Labute approximate surface area is 158 Å². The fourth-order valence-electron chi connectivity index (χ4n) is 2.53. The zero-order chi connectivity index (χ0) is 20.4. The molecule has 1 aromatic rings. The molecule has 3 atom stereocenters. The number of carbonyl (C=O) groups is 4. The van der Waals surface area contributed by atoms with E-state index in [2.05, 4.69) is 10.6 Å². The second-order valence-corrected chi connectivity index (χ2v) is 6.23. The van der Waals surface area contributed by atoms with Gasteiger partial charge in [0.1, 0.15) is 12.1 Å². The molecule has 0 aliphatic carbocycles. The summed E-state index contributed by atoms with van der Waals surface area (Å²) in [6.45, 7) is 4.66. The normalized spacial score (nSPS) is 13.7. The Morgan fingerprint density at radius 1 is 1.07 bits per heavy atom. The van der Waals surface area contributed by atoms with E-state index in [1.807, 2.05) is 6.07 Å². The van der Waals surface area contributed by atoms with Crippen molar-refractivity contribution in [3.63, 3.8) is 0 Å². The van der Waals surface area contributed by atoms with E-state index in [-0.39, 0.29) is 19.4 Å². The number of amides is 2. The van der Waals surface area contributed by atoms with Crippen LogP contribution in [0.5, 0.6) is 0 Å². The molecule has 3 N–H and O–H groups in total. The summed E-state index contributed by atoms with van der Waals surface area (Å²) in [6.07, 6.45) is 0.101. The van der Waals surface area contributed by atoms with Crippen molar-refractivity contribution in [2.24, 2.45) is 5.92 Å². The molecule has 1 aromatic carbocycles. The third kappa shape index (κ3) is 7.89. The highest BCUT2D eigenvalue weighted by Crippen LogP contribution is 2.10. The molecule has 0 fully saturated rings. The molecule has 148 valence electrons. The van der Waals surface area contributed by atoms with Gasteiger partial charge >= 0.3 is 11.9 Å². The number of hydrogen-bond donors (Lipinski definition) is 3. The van der Waals surface area contributed by atoms with E-state index in [9.17, 15) is 24.3 Å². The lowest BCUT2D eigenvalue weighted by Gasteiger charge is -2.22. The number of benzene rings is 1. The molecule has 0 aliphatic rings. The Morgan fingerprint density at radius 2 is 1.70 bits per heavy atom. The van der Waals surface area contributed by atoms with Crippen LogP contribution in [0.15, 0.2) is 30.3 Å². The summed E-state index contributed by atoms with van der Waals surface area (Å²) in [5.41, 5.74) is 0.818. The molecule has 0 aliphatic heterocycles. The van der Waals surface area contributed by atoms with E-state index >= 15 is 0 Å². The predicted molar refractivity (Wildman–Crippen MR) is 97.7 cm³/mol. The fraction of sp³-hybridized carbons (Fsp3) is 0.474. The van der Waals surface area contributed by atoms with Gasteiger partial charge in [-0.1, -0.05) is 37.3 Å². The standard InChI is InChI=1S/C19H26N2O6/c1-4-27-19(26)12(2)10-16(18(24)25)21-17(23)15(20-13(3)22)11-14-8-6-5-7-9-14/h5-9,12,15-16H,4,10-11H2,1-3H3,(H,20,22)(H,21,23)(H,24,25)/t12-,15+,16-/m0/s1. The van der Waals surface area contributed by atoms with Crippen molar-refractivity contribution in [2.45, 2.75) is 45.7 Å². The summed E-state index contributed by atoms with van der Waals surface area (Å²) >= 11 is 0. The summed E-state index contributed by atoms with van der Waals surface area (Å²) < 4.78 is 4.87. The Bertz CT molecular complexity index is 661. The minimum atomic E-state index is -1.27.